The lowest BCUT2D eigenvalue weighted by Crippen LogP contribution is -2.50. The highest BCUT2D eigenvalue weighted by Gasteiger charge is 2.26. The van der Waals surface area contributed by atoms with Crippen LogP contribution >= 0.6 is 11.3 Å². The first-order valence-corrected chi connectivity index (χ1v) is 7.11. The fourth-order valence-electron chi connectivity index (χ4n) is 1.83. The molecule has 0 spiro atoms. The van der Waals surface area contributed by atoms with Crippen LogP contribution in [0.1, 0.15) is 20.8 Å². The van der Waals surface area contributed by atoms with E-state index in [-0.39, 0.29) is 6.09 Å². The molecule has 1 aliphatic heterocycles. The van der Waals surface area contributed by atoms with E-state index < -0.39 is 5.60 Å². The van der Waals surface area contributed by atoms with Crippen LogP contribution < -0.4 is 9.68 Å². The van der Waals surface area contributed by atoms with Crippen LogP contribution in [0, 0.1) is 0 Å². The lowest BCUT2D eigenvalue weighted by molar-refractivity contribution is 0.0240. The fraction of sp³-hybridized carbons (Fsp3) is 0.667. The van der Waals surface area contributed by atoms with Crippen LogP contribution in [0.2, 0.25) is 0 Å². The normalized spacial score (nSPS) is 16.6. The third kappa shape index (κ3) is 3.86. The number of carbonyl (C=O) groups excluding carboxylic acids is 1. The third-order valence-electron chi connectivity index (χ3n) is 2.71. The van der Waals surface area contributed by atoms with Gasteiger partial charge in [-0.25, -0.2) is 9.78 Å². The van der Waals surface area contributed by atoms with Gasteiger partial charge in [-0.3, -0.25) is 0 Å². The molecule has 2 rings (SSSR count). The first-order valence-electron chi connectivity index (χ1n) is 6.29. The zero-order valence-electron chi connectivity index (χ0n) is 11.5. The average Bonchev–Trinajstić information content (AvgIpc) is 2.74. The fourth-order valence-corrected chi connectivity index (χ4v) is 2.56. The van der Waals surface area contributed by atoms with E-state index in [0.29, 0.717) is 17.9 Å². The maximum atomic E-state index is 11.9. The van der Waals surface area contributed by atoms with Crippen LogP contribution in [-0.2, 0) is 4.74 Å². The maximum absolute atomic E-state index is 11.9. The van der Waals surface area contributed by atoms with Crippen molar-refractivity contribution in [3.8, 4) is 0 Å². The Morgan fingerprint density at radius 2 is 2.00 bits per heavy atom. The average molecular weight is 279 g/mol. The molecule has 0 atom stereocenters. The molecule has 19 heavy (non-hydrogen) atoms. The SMILES string of the molecule is [B]c1cnc(N2CCN(C(=O)OC(C)(C)C)CC2)s1. The number of carbonyl (C=O) groups is 1. The monoisotopic (exact) mass is 279 g/mol. The molecule has 0 bridgehead atoms. The van der Waals surface area contributed by atoms with E-state index in [0.717, 1.165) is 18.2 Å². The molecule has 0 aliphatic carbocycles. The Bertz CT molecular complexity index is 450. The van der Waals surface area contributed by atoms with Gasteiger partial charge in [0, 0.05) is 32.4 Å². The number of hydrogen-bond acceptors (Lipinski definition) is 5. The Morgan fingerprint density at radius 1 is 1.37 bits per heavy atom. The number of aromatic nitrogens is 1. The molecule has 2 heterocycles. The van der Waals surface area contributed by atoms with E-state index in [2.05, 4.69) is 9.88 Å². The molecule has 1 saturated heterocycles. The van der Waals surface area contributed by atoms with Crippen molar-refractivity contribution in [1.29, 1.82) is 0 Å². The number of ether oxygens (including phenoxy) is 1. The molecule has 1 aromatic rings. The van der Waals surface area contributed by atoms with E-state index in [1.807, 2.05) is 20.8 Å². The van der Waals surface area contributed by atoms with Crippen LogP contribution in [0.4, 0.5) is 9.93 Å². The van der Waals surface area contributed by atoms with Crippen molar-refractivity contribution >= 4 is 35.2 Å². The Balaban J connectivity index is 1.87. The van der Waals surface area contributed by atoms with E-state index in [1.165, 1.54) is 11.3 Å². The first-order chi connectivity index (χ1) is 8.85. The van der Waals surface area contributed by atoms with E-state index in [4.69, 9.17) is 12.6 Å². The summed E-state index contributed by atoms with van der Waals surface area (Å²) in [5.74, 6) is 0. The summed E-state index contributed by atoms with van der Waals surface area (Å²) in [7, 11) is 5.68. The van der Waals surface area contributed by atoms with Gasteiger partial charge in [-0.15, -0.1) is 11.3 Å². The predicted molar refractivity (Wildman–Crippen MR) is 77.5 cm³/mol. The van der Waals surface area contributed by atoms with Crippen molar-refractivity contribution in [2.45, 2.75) is 26.4 Å². The molecule has 1 aliphatic rings. The quantitative estimate of drug-likeness (QED) is 0.719. The van der Waals surface area contributed by atoms with E-state index in [9.17, 15) is 4.79 Å². The standard InChI is InChI=1S/C12H18BN3O2S/c1-12(2,3)18-11(17)16-6-4-15(5-7-16)10-14-8-9(13)19-10/h8H,4-7H2,1-3H3. The summed E-state index contributed by atoms with van der Waals surface area (Å²) >= 11 is 1.47. The van der Waals surface area contributed by atoms with Gasteiger partial charge in [0.15, 0.2) is 5.13 Å². The summed E-state index contributed by atoms with van der Waals surface area (Å²) in [4.78, 5) is 20.0. The Kier molecular flexibility index (Phi) is 4.03. The summed E-state index contributed by atoms with van der Waals surface area (Å²) in [6, 6.07) is 0. The minimum absolute atomic E-state index is 0.245. The molecular weight excluding hydrogens is 261 g/mol. The minimum Gasteiger partial charge on any atom is -0.444 e. The number of amides is 1. The zero-order valence-corrected chi connectivity index (χ0v) is 12.4. The molecule has 0 N–H and O–H groups in total. The molecule has 1 amide bonds. The number of rotatable bonds is 1. The van der Waals surface area contributed by atoms with Crippen molar-refractivity contribution in [1.82, 2.24) is 9.88 Å². The summed E-state index contributed by atoms with van der Waals surface area (Å²) in [5, 5.41) is 0.918. The smallest absolute Gasteiger partial charge is 0.410 e. The lowest BCUT2D eigenvalue weighted by Gasteiger charge is -2.35. The number of nitrogens with zero attached hydrogens (tertiary/aromatic N) is 3. The van der Waals surface area contributed by atoms with Gasteiger partial charge in [-0.05, 0) is 25.5 Å². The Morgan fingerprint density at radius 3 is 2.47 bits per heavy atom. The second-order valence-electron chi connectivity index (χ2n) is 5.50. The highest BCUT2D eigenvalue weighted by Crippen LogP contribution is 2.18. The Labute approximate surface area is 119 Å². The van der Waals surface area contributed by atoms with E-state index >= 15 is 0 Å². The molecule has 5 nitrogen and oxygen atoms in total. The summed E-state index contributed by atoms with van der Waals surface area (Å²) < 4.78 is 6.07. The molecule has 0 saturated carbocycles. The highest BCUT2D eigenvalue weighted by molar-refractivity contribution is 7.23. The Hall–Kier alpha value is -1.24. The van der Waals surface area contributed by atoms with Crippen molar-refractivity contribution in [3.05, 3.63) is 6.20 Å². The number of thiazole rings is 1. The number of anilines is 1. The maximum Gasteiger partial charge on any atom is 0.410 e. The van der Waals surface area contributed by atoms with Gasteiger partial charge in [0.1, 0.15) is 13.4 Å². The second-order valence-corrected chi connectivity index (χ2v) is 6.54. The molecule has 0 aromatic carbocycles. The molecule has 102 valence electrons. The lowest BCUT2D eigenvalue weighted by atomic mass is 10.1. The van der Waals surface area contributed by atoms with Gasteiger partial charge in [0.25, 0.3) is 0 Å². The van der Waals surface area contributed by atoms with Gasteiger partial charge in [-0.1, -0.05) is 0 Å². The predicted octanol–water partition coefficient (Wildman–Crippen LogP) is 0.994. The van der Waals surface area contributed by atoms with E-state index in [1.54, 1.807) is 11.1 Å². The van der Waals surface area contributed by atoms with Crippen molar-refractivity contribution < 1.29 is 9.53 Å². The second kappa shape index (κ2) is 5.40. The molecule has 1 fully saturated rings. The van der Waals surface area contributed by atoms with Gasteiger partial charge < -0.3 is 14.5 Å². The zero-order chi connectivity index (χ0) is 14.0. The van der Waals surface area contributed by atoms with Gasteiger partial charge in [0.2, 0.25) is 0 Å². The molecular formula is C12H18BN3O2S. The van der Waals surface area contributed by atoms with Gasteiger partial charge >= 0.3 is 6.09 Å². The molecule has 7 heteroatoms. The largest absolute Gasteiger partial charge is 0.444 e. The van der Waals surface area contributed by atoms with Crippen LogP contribution in [0.25, 0.3) is 0 Å². The number of piperazine rings is 1. The van der Waals surface area contributed by atoms with Gasteiger partial charge in [0.05, 0.1) is 0 Å². The summed E-state index contributed by atoms with van der Waals surface area (Å²) in [6.07, 6.45) is 1.42. The highest BCUT2D eigenvalue weighted by atomic mass is 32.1. The summed E-state index contributed by atoms with van der Waals surface area (Å²) in [5.41, 5.74) is -0.446. The number of hydrogen-bond donors (Lipinski definition) is 0. The van der Waals surface area contributed by atoms with Gasteiger partial charge in [-0.2, -0.15) is 0 Å². The van der Waals surface area contributed by atoms with Crippen molar-refractivity contribution in [2.24, 2.45) is 0 Å². The minimum atomic E-state index is -0.446. The summed E-state index contributed by atoms with van der Waals surface area (Å²) in [6.45, 7) is 8.43. The molecule has 0 unspecified atom stereocenters. The first kappa shape index (κ1) is 14.2. The van der Waals surface area contributed by atoms with Crippen LogP contribution in [0.15, 0.2) is 6.20 Å². The van der Waals surface area contributed by atoms with Crippen molar-refractivity contribution in [3.63, 3.8) is 0 Å². The third-order valence-corrected chi connectivity index (χ3v) is 3.60. The molecule has 2 radical (unpaired) electrons. The van der Waals surface area contributed by atoms with Crippen LogP contribution in [-0.4, -0.2) is 55.6 Å². The van der Waals surface area contributed by atoms with Crippen molar-refractivity contribution in [2.75, 3.05) is 31.1 Å². The van der Waals surface area contributed by atoms with Crippen LogP contribution in [0.3, 0.4) is 0 Å². The van der Waals surface area contributed by atoms with Crippen LogP contribution in [0.5, 0.6) is 0 Å². The molecule has 1 aromatic heterocycles. The topological polar surface area (TPSA) is 45.7 Å².